The van der Waals surface area contributed by atoms with Crippen molar-refractivity contribution >= 4 is 10.0 Å². The van der Waals surface area contributed by atoms with Crippen molar-refractivity contribution in [2.45, 2.75) is 78.0 Å². The number of sulfonamides is 1. The molecule has 1 saturated carbocycles. The van der Waals surface area contributed by atoms with Crippen LogP contribution in [0.15, 0.2) is 34.4 Å². The van der Waals surface area contributed by atoms with Crippen molar-refractivity contribution in [1.29, 1.82) is 0 Å². The second-order valence-electron chi connectivity index (χ2n) is 8.17. The van der Waals surface area contributed by atoms with Crippen molar-refractivity contribution in [2.75, 3.05) is 6.54 Å². The Morgan fingerprint density at radius 1 is 1.12 bits per heavy atom. The van der Waals surface area contributed by atoms with Gasteiger partial charge >= 0.3 is 0 Å². The van der Waals surface area contributed by atoms with Crippen LogP contribution >= 0.6 is 0 Å². The molecule has 0 heterocycles. The van der Waals surface area contributed by atoms with Crippen LogP contribution in [0, 0.1) is 26.2 Å². The summed E-state index contributed by atoms with van der Waals surface area (Å²) in [5, 5.41) is 0. The van der Waals surface area contributed by atoms with Crippen molar-refractivity contribution in [3.8, 4) is 0 Å². The predicted octanol–water partition coefficient (Wildman–Crippen LogP) is 5.35. The van der Waals surface area contributed by atoms with Gasteiger partial charge in [-0.05, 0) is 82.1 Å². The molecule has 0 amide bonds. The van der Waals surface area contributed by atoms with Gasteiger partial charge in [0.05, 0.1) is 4.90 Å². The highest BCUT2D eigenvalue weighted by Gasteiger charge is 2.33. The van der Waals surface area contributed by atoms with E-state index >= 15 is 0 Å². The molecular weight excluding hydrogens is 342 g/mol. The molecule has 1 aliphatic carbocycles. The van der Waals surface area contributed by atoms with E-state index in [2.05, 4.69) is 16.5 Å². The van der Waals surface area contributed by atoms with Gasteiger partial charge in [0.2, 0.25) is 10.0 Å². The quantitative estimate of drug-likeness (QED) is 0.681. The van der Waals surface area contributed by atoms with Crippen LogP contribution in [-0.2, 0) is 10.0 Å². The van der Waals surface area contributed by atoms with Gasteiger partial charge in [0.25, 0.3) is 0 Å². The minimum atomic E-state index is -3.51. The van der Waals surface area contributed by atoms with Crippen LogP contribution in [0.4, 0.5) is 0 Å². The predicted molar refractivity (Wildman–Crippen MR) is 109 cm³/mol. The minimum Gasteiger partial charge on any atom is -0.211 e. The Labute approximate surface area is 159 Å². The van der Waals surface area contributed by atoms with E-state index in [4.69, 9.17) is 0 Å². The molecule has 26 heavy (non-hydrogen) atoms. The van der Waals surface area contributed by atoms with Crippen LogP contribution in [0.5, 0.6) is 0 Å². The molecule has 0 spiro atoms. The van der Waals surface area contributed by atoms with Crippen LogP contribution in [0.3, 0.4) is 0 Å². The van der Waals surface area contributed by atoms with E-state index in [0.717, 1.165) is 41.5 Å². The van der Waals surface area contributed by atoms with Crippen molar-refractivity contribution in [3.63, 3.8) is 0 Å². The highest BCUT2D eigenvalue weighted by atomic mass is 32.2. The zero-order chi connectivity index (χ0) is 19.4. The topological polar surface area (TPSA) is 46.2 Å². The van der Waals surface area contributed by atoms with Gasteiger partial charge in [0, 0.05) is 6.54 Å². The maximum Gasteiger partial charge on any atom is 0.241 e. The van der Waals surface area contributed by atoms with Crippen LogP contribution in [0.25, 0.3) is 0 Å². The Hall–Kier alpha value is -1.35. The molecule has 0 atom stereocenters. The van der Waals surface area contributed by atoms with Crippen LogP contribution in [0.2, 0.25) is 0 Å². The van der Waals surface area contributed by atoms with Crippen molar-refractivity contribution in [2.24, 2.45) is 5.41 Å². The molecule has 1 aromatic carbocycles. The summed E-state index contributed by atoms with van der Waals surface area (Å²) >= 11 is 0. The summed E-state index contributed by atoms with van der Waals surface area (Å²) in [5.74, 6) is 0. The average Bonchev–Trinajstić information content (AvgIpc) is 2.52. The fraction of sp³-hybridized carbons (Fsp3) is 0.591. The van der Waals surface area contributed by atoms with Gasteiger partial charge in [0.1, 0.15) is 0 Å². The van der Waals surface area contributed by atoms with E-state index in [-0.39, 0.29) is 5.41 Å². The lowest BCUT2D eigenvalue weighted by Crippen LogP contribution is -2.39. The lowest BCUT2D eigenvalue weighted by Gasteiger charge is -2.36. The first-order chi connectivity index (χ1) is 12.2. The summed E-state index contributed by atoms with van der Waals surface area (Å²) < 4.78 is 29.0. The number of aryl methyl sites for hydroxylation is 3. The van der Waals surface area contributed by atoms with Crippen LogP contribution in [0.1, 0.15) is 69.1 Å². The van der Waals surface area contributed by atoms with Gasteiger partial charge in [0.15, 0.2) is 0 Å². The standard InChI is InChI=1S/C22H33NO2S/c1-17(2)10-9-13-22(11-7-6-8-12-22)16-23-26(24,25)21-19(4)14-18(3)15-20(21)5/h9,14-15,23H,6-8,11-13,16H2,1-5H3. The Bertz CT molecular complexity index is 782. The molecule has 0 bridgehead atoms. The van der Waals surface area contributed by atoms with Gasteiger partial charge in [-0.25, -0.2) is 13.1 Å². The van der Waals surface area contributed by atoms with E-state index in [1.54, 1.807) is 0 Å². The molecule has 0 aromatic heterocycles. The van der Waals surface area contributed by atoms with E-state index in [1.165, 1.54) is 19.3 Å². The van der Waals surface area contributed by atoms with Gasteiger partial charge in [-0.3, -0.25) is 0 Å². The van der Waals surface area contributed by atoms with Gasteiger partial charge < -0.3 is 0 Å². The fourth-order valence-corrected chi connectivity index (χ4v) is 5.74. The third-order valence-electron chi connectivity index (χ3n) is 5.35. The minimum absolute atomic E-state index is 0.0142. The van der Waals surface area contributed by atoms with E-state index in [1.807, 2.05) is 46.8 Å². The number of benzene rings is 1. The molecule has 0 radical (unpaired) electrons. The highest BCUT2D eigenvalue weighted by molar-refractivity contribution is 7.89. The maximum atomic E-state index is 13.0. The van der Waals surface area contributed by atoms with E-state index in [0.29, 0.717) is 11.4 Å². The Morgan fingerprint density at radius 3 is 2.23 bits per heavy atom. The van der Waals surface area contributed by atoms with E-state index < -0.39 is 10.0 Å². The molecule has 3 nitrogen and oxygen atoms in total. The fourth-order valence-electron chi connectivity index (χ4n) is 4.14. The molecule has 4 heteroatoms. The maximum absolute atomic E-state index is 13.0. The van der Waals surface area contributed by atoms with Gasteiger partial charge in [-0.15, -0.1) is 5.73 Å². The number of hydrogen-bond acceptors (Lipinski definition) is 2. The molecule has 0 unspecified atom stereocenters. The highest BCUT2D eigenvalue weighted by Crippen LogP contribution is 2.39. The lowest BCUT2D eigenvalue weighted by molar-refractivity contribution is 0.195. The summed E-state index contributed by atoms with van der Waals surface area (Å²) in [6.45, 7) is 10.3. The van der Waals surface area contributed by atoms with Crippen molar-refractivity contribution in [1.82, 2.24) is 4.72 Å². The molecule has 144 valence electrons. The van der Waals surface area contributed by atoms with Gasteiger partial charge in [-0.1, -0.05) is 37.0 Å². The van der Waals surface area contributed by atoms with E-state index in [9.17, 15) is 8.42 Å². The molecule has 0 saturated heterocycles. The monoisotopic (exact) mass is 375 g/mol. The molecule has 1 N–H and O–H groups in total. The smallest absolute Gasteiger partial charge is 0.211 e. The molecule has 1 aliphatic rings. The number of allylic oxidation sites excluding steroid dienone is 1. The summed E-state index contributed by atoms with van der Waals surface area (Å²) in [5.41, 5.74) is 7.18. The Morgan fingerprint density at radius 2 is 1.69 bits per heavy atom. The number of hydrogen-bond donors (Lipinski definition) is 1. The Kier molecular flexibility index (Phi) is 6.90. The first-order valence-electron chi connectivity index (χ1n) is 9.61. The molecule has 1 aromatic rings. The SMILES string of the molecule is CC(C)=C=CCC1(CNS(=O)(=O)c2c(C)cc(C)cc2C)CCCCC1. The molecule has 1 fully saturated rings. The largest absolute Gasteiger partial charge is 0.241 e. The second-order valence-corrected chi connectivity index (χ2v) is 9.87. The molecular formula is C22H33NO2S. The Balaban J connectivity index is 2.23. The average molecular weight is 376 g/mol. The summed E-state index contributed by atoms with van der Waals surface area (Å²) in [6.07, 6.45) is 8.71. The van der Waals surface area contributed by atoms with Crippen molar-refractivity contribution < 1.29 is 8.42 Å². The summed E-state index contributed by atoms with van der Waals surface area (Å²) in [4.78, 5) is 0.439. The zero-order valence-electron chi connectivity index (χ0n) is 16.9. The zero-order valence-corrected chi connectivity index (χ0v) is 17.7. The number of nitrogens with one attached hydrogen (secondary N) is 1. The lowest BCUT2D eigenvalue weighted by atomic mass is 9.72. The van der Waals surface area contributed by atoms with Crippen LogP contribution in [-0.4, -0.2) is 15.0 Å². The normalized spacial score (nSPS) is 16.8. The first-order valence-corrected chi connectivity index (χ1v) is 11.1. The number of rotatable bonds is 6. The summed E-state index contributed by atoms with van der Waals surface area (Å²) in [7, 11) is -3.51. The van der Waals surface area contributed by atoms with Gasteiger partial charge in [-0.2, -0.15) is 0 Å². The summed E-state index contributed by atoms with van der Waals surface area (Å²) in [6, 6.07) is 3.88. The molecule has 0 aliphatic heterocycles. The molecule has 2 rings (SSSR count). The second kappa shape index (κ2) is 8.56. The third kappa shape index (κ3) is 5.33. The third-order valence-corrected chi connectivity index (χ3v) is 7.06. The van der Waals surface area contributed by atoms with Crippen LogP contribution < -0.4 is 4.72 Å². The van der Waals surface area contributed by atoms with Crippen molar-refractivity contribution in [3.05, 3.63) is 46.2 Å². The first kappa shape index (κ1) is 21.0.